The van der Waals surface area contributed by atoms with E-state index >= 15 is 0 Å². The zero-order valence-electron chi connectivity index (χ0n) is 16.6. The quantitative estimate of drug-likeness (QED) is 0.658. The van der Waals surface area contributed by atoms with E-state index in [1.165, 1.54) is 6.07 Å². The van der Waals surface area contributed by atoms with Crippen LogP contribution in [0.25, 0.3) is 10.9 Å². The van der Waals surface area contributed by atoms with Gasteiger partial charge in [0, 0.05) is 68.3 Å². The fourth-order valence-electron chi connectivity index (χ4n) is 4.10. The number of anilines is 1. The van der Waals surface area contributed by atoms with Gasteiger partial charge in [0.25, 0.3) is 0 Å². The van der Waals surface area contributed by atoms with Gasteiger partial charge in [-0.15, -0.1) is 0 Å². The Morgan fingerprint density at radius 1 is 1.07 bits per heavy atom. The van der Waals surface area contributed by atoms with Crippen LogP contribution in [-0.4, -0.2) is 67.8 Å². The van der Waals surface area contributed by atoms with Crippen LogP contribution in [0, 0.1) is 0 Å². The molecule has 3 heterocycles. The third-order valence-electron chi connectivity index (χ3n) is 5.53. The van der Waals surface area contributed by atoms with Gasteiger partial charge in [-0.05, 0) is 24.6 Å². The minimum atomic E-state index is -1.01. The standard InChI is InChI=1S/C21H23N5O4/c1-24-13-16(15-5-4-14(19(27)28)12-17(15)24)18(20(29)30)25-8-3-9-26(11-10-25)21-22-6-2-7-23-21/h2,4-7,12-13,18H,3,8-11H2,1H3,(H,27,28)(H,29,30)/t18-/m0/s1. The molecule has 0 radical (unpaired) electrons. The number of hydrogen-bond donors (Lipinski definition) is 2. The largest absolute Gasteiger partial charge is 0.480 e. The molecule has 1 saturated heterocycles. The zero-order chi connectivity index (χ0) is 21.3. The maximum absolute atomic E-state index is 12.3. The molecule has 4 rings (SSSR count). The molecule has 9 nitrogen and oxygen atoms in total. The van der Waals surface area contributed by atoms with E-state index in [0.717, 1.165) is 18.4 Å². The number of carboxylic acids is 2. The molecule has 9 heteroatoms. The van der Waals surface area contributed by atoms with Crippen LogP contribution in [0.1, 0.15) is 28.4 Å². The summed E-state index contributed by atoms with van der Waals surface area (Å²) in [6.07, 6.45) is 5.98. The van der Waals surface area contributed by atoms with Gasteiger partial charge in [-0.2, -0.15) is 0 Å². The molecule has 3 aromatic rings. The molecule has 1 atom stereocenters. The van der Waals surface area contributed by atoms with Crippen LogP contribution in [0.3, 0.4) is 0 Å². The summed E-state index contributed by atoms with van der Waals surface area (Å²) >= 11 is 0. The van der Waals surface area contributed by atoms with Gasteiger partial charge < -0.3 is 19.7 Å². The summed E-state index contributed by atoms with van der Waals surface area (Å²) in [6.45, 7) is 2.56. The second-order valence-corrected chi connectivity index (χ2v) is 7.40. The molecular formula is C21H23N5O4. The Labute approximate surface area is 173 Å². The van der Waals surface area contributed by atoms with Gasteiger partial charge in [-0.3, -0.25) is 9.69 Å². The minimum absolute atomic E-state index is 0.176. The van der Waals surface area contributed by atoms with Crippen molar-refractivity contribution < 1.29 is 19.8 Å². The van der Waals surface area contributed by atoms with Crippen molar-refractivity contribution in [1.82, 2.24) is 19.4 Å². The van der Waals surface area contributed by atoms with Crippen molar-refractivity contribution in [2.45, 2.75) is 12.5 Å². The van der Waals surface area contributed by atoms with Gasteiger partial charge >= 0.3 is 11.9 Å². The first-order valence-corrected chi connectivity index (χ1v) is 9.77. The first-order chi connectivity index (χ1) is 14.5. The second-order valence-electron chi connectivity index (χ2n) is 7.40. The lowest BCUT2D eigenvalue weighted by Crippen LogP contribution is -2.37. The molecule has 30 heavy (non-hydrogen) atoms. The lowest BCUT2D eigenvalue weighted by molar-refractivity contribution is -0.143. The number of aliphatic carboxylic acids is 1. The summed E-state index contributed by atoms with van der Waals surface area (Å²) in [5.74, 6) is -1.28. The number of carboxylic acid groups (broad SMARTS) is 2. The van der Waals surface area contributed by atoms with E-state index in [1.54, 1.807) is 48.4 Å². The van der Waals surface area contributed by atoms with Gasteiger partial charge in [0.15, 0.2) is 0 Å². The van der Waals surface area contributed by atoms with Crippen LogP contribution in [-0.2, 0) is 11.8 Å². The molecule has 156 valence electrons. The summed E-state index contributed by atoms with van der Waals surface area (Å²) in [7, 11) is 1.80. The predicted octanol–water partition coefficient (Wildman–Crippen LogP) is 2.00. The molecule has 1 aliphatic rings. The summed E-state index contributed by atoms with van der Waals surface area (Å²) in [6, 6.07) is 5.75. The average Bonchev–Trinajstić information content (AvgIpc) is 2.90. The van der Waals surface area contributed by atoms with Crippen molar-refractivity contribution in [2.24, 2.45) is 7.05 Å². The number of aryl methyl sites for hydroxylation is 1. The monoisotopic (exact) mass is 409 g/mol. The van der Waals surface area contributed by atoms with E-state index in [1.807, 2.05) is 4.90 Å². The molecule has 1 aromatic carbocycles. The highest BCUT2D eigenvalue weighted by Gasteiger charge is 2.32. The Hall–Kier alpha value is -3.46. The Morgan fingerprint density at radius 2 is 1.83 bits per heavy atom. The molecule has 0 bridgehead atoms. The van der Waals surface area contributed by atoms with Crippen molar-refractivity contribution in [1.29, 1.82) is 0 Å². The molecule has 2 aromatic heterocycles. The molecule has 2 N–H and O–H groups in total. The second kappa shape index (κ2) is 8.11. The number of benzene rings is 1. The van der Waals surface area contributed by atoms with E-state index in [2.05, 4.69) is 14.9 Å². The molecule has 1 fully saturated rings. The average molecular weight is 409 g/mol. The Bertz CT molecular complexity index is 1080. The maximum Gasteiger partial charge on any atom is 0.335 e. The van der Waals surface area contributed by atoms with E-state index in [9.17, 15) is 19.8 Å². The van der Waals surface area contributed by atoms with Crippen LogP contribution >= 0.6 is 0 Å². The smallest absolute Gasteiger partial charge is 0.335 e. The van der Waals surface area contributed by atoms with Crippen molar-refractivity contribution in [3.63, 3.8) is 0 Å². The number of nitrogens with zero attached hydrogens (tertiary/aromatic N) is 5. The lowest BCUT2D eigenvalue weighted by atomic mass is 10.0. The molecule has 0 aliphatic carbocycles. The highest BCUT2D eigenvalue weighted by atomic mass is 16.4. The van der Waals surface area contributed by atoms with Gasteiger partial charge in [0.05, 0.1) is 5.56 Å². The molecule has 0 amide bonds. The Morgan fingerprint density at radius 3 is 2.53 bits per heavy atom. The molecular weight excluding hydrogens is 386 g/mol. The van der Waals surface area contributed by atoms with Crippen LogP contribution in [0.5, 0.6) is 0 Å². The Balaban J connectivity index is 1.65. The van der Waals surface area contributed by atoms with Crippen molar-refractivity contribution in [3.8, 4) is 0 Å². The van der Waals surface area contributed by atoms with Crippen molar-refractivity contribution in [2.75, 3.05) is 31.1 Å². The molecule has 0 unspecified atom stereocenters. The number of hydrogen-bond acceptors (Lipinski definition) is 6. The van der Waals surface area contributed by atoms with Crippen molar-refractivity contribution in [3.05, 3.63) is 54.0 Å². The highest BCUT2D eigenvalue weighted by Crippen LogP contribution is 2.31. The summed E-state index contributed by atoms with van der Waals surface area (Å²) in [4.78, 5) is 36.3. The molecule has 0 saturated carbocycles. The Kier molecular flexibility index (Phi) is 5.37. The van der Waals surface area contributed by atoms with E-state index < -0.39 is 18.0 Å². The fraction of sp³-hybridized carbons (Fsp3) is 0.333. The minimum Gasteiger partial charge on any atom is -0.480 e. The van der Waals surface area contributed by atoms with Gasteiger partial charge in [-0.1, -0.05) is 6.07 Å². The van der Waals surface area contributed by atoms with Crippen LogP contribution in [0.4, 0.5) is 5.95 Å². The molecule has 0 spiro atoms. The number of aromatic nitrogens is 3. The van der Waals surface area contributed by atoms with Crippen molar-refractivity contribution >= 4 is 28.8 Å². The number of carbonyl (C=O) groups is 2. The van der Waals surface area contributed by atoms with Crippen LogP contribution < -0.4 is 4.90 Å². The summed E-state index contributed by atoms with van der Waals surface area (Å²) in [5.41, 5.74) is 1.54. The normalized spacial score (nSPS) is 16.4. The van der Waals surface area contributed by atoms with E-state index in [0.29, 0.717) is 36.7 Å². The third-order valence-corrected chi connectivity index (χ3v) is 5.53. The first kappa shape index (κ1) is 19.8. The SMILES string of the molecule is Cn1cc([C@@H](C(=O)O)N2CCCN(c3ncccn3)CC2)c2ccc(C(=O)O)cc21. The van der Waals surface area contributed by atoms with Crippen LogP contribution in [0.15, 0.2) is 42.9 Å². The van der Waals surface area contributed by atoms with E-state index in [-0.39, 0.29) is 5.56 Å². The van der Waals surface area contributed by atoms with Gasteiger partial charge in [0.2, 0.25) is 5.95 Å². The summed E-state index contributed by atoms with van der Waals surface area (Å²) < 4.78 is 1.79. The van der Waals surface area contributed by atoms with Crippen LogP contribution in [0.2, 0.25) is 0 Å². The highest BCUT2D eigenvalue weighted by molar-refractivity contribution is 5.96. The number of aromatic carboxylic acids is 1. The maximum atomic E-state index is 12.3. The van der Waals surface area contributed by atoms with Gasteiger partial charge in [-0.25, -0.2) is 14.8 Å². The predicted molar refractivity (Wildman–Crippen MR) is 111 cm³/mol. The number of fused-ring (bicyclic) bond motifs is 1. The lowest BCUT2D eigenvalue weighted by Gasteiger charge is -2.27. The molecule has 1 aliphatic heterocycles. The summed E-state index contributed by atoms with van der Waals surface area (Å²) in [5, 5.41) is 20.1. The number of rotatable bonds is 5. The third kappa shape index (κ3) is 3.71. The topological polar surface area (TPSA) is 112 Å². The first-order valence-electron chi connectivity index (χ1n) is 9.77. The zero-order valence-corrected chi connectivity index (χ0v) is 16.6. The fourth-order valence-corrected chi connectivity index (χ4v) is 4.10. The van der Waals surface area contributed by atoms with E-state index in [4.69, 9.17) is 0 Å². The van der Waals surface area contributed by atoms with Gasteiger partial charge in [0.1, 0.15) is 6.04 Å².